The van der Waals surface area contributed by atoms with Crippen LogP contribution in [0.5, 0.6) is 0 Å². The number of urea groups is 1. The van der Waals surface area contributed by atoms with Gasteiger partial charge in [0.05, 0.1) is 11.0 Å². The number of piperazine rings is 1. The van der Waals surface area contributed by atoms with Gasteiger partial charge in [0, 0.05) is 46.8 Å². The van der Waals surface area contributed by atoms with E-state index in [1.807, 2.05) is 29.2 Å². The van der Waals surface area contributed by atoms with E-state index in [9.17, 15) is 18.0 Å². The Morgan fingerprint density at radius 1 is 1.07 bits per heavy atom. The Hall–Kier alpha value is -2.66. The molecule has 3 heterocycles. The van der Waals surface area contributed by atoms with Crippen LogP contribution in [-0.4, -0.2) is 96.5 Å². The van der Waals surface area contributed by atoms with E-state index in [1.54, 1.807) is 0 Å². The maximum atomic E-state index is 13.0. The van der Waals surface area contributed by atoms with Crippen molar-refractivity contribution in [1.82, 2.24) is 24.1 Å². The molecule has 0 aliphatic carbocycles. The fourth-order valence-corrected chi connectivity index (χ4v) is 5.47. The third kappa shape index (κ3) is 3.00. The molecule has 11 heteroatoms. The standard InChI is InChI=1S/C17H22N6O4S/c1-20-11-14(15(24)21(2)17(20)25)28(26,27)23-9-7-22(8-10-23)16-18-12-5-3-4-6-13(12)19-16/h3-6,14H,7-11H2,1-2H3,(H,18,19). The van der Waals surface area contributed by atoms with Crippen LogP contribution in [0.25, 0.3) is 11.0 Å². The zero-order valence-corrected chi connectivity index (χ0v) is 16.5. The van der Waals surface area contributed by atoms with Gasteiger partial charge in [-0.05, 0) is 12.1 Å². The summed E-state index contributed by atoms with van der Waals surface area (Å²) in [6, 6.07) is 7.20. The summed E-state index contributed by atoms with van der Waals surface area (Å²) in [5.41, 5.74) is 1.78. The van der Waals surface area contributed by atoms with Crippen LogP contribution in [0.4, 0.5) is 10.7 Å². The topological polar surface area (TPSA) is 110 Å². The molecule has 0 bridgehead atoms. The fraction of sp³-hybridized carbons (Fsp3) is 0.471. The van der Waals surface area contributed by atoms with Crippen LogP contribution >= 0.6 is 0 Å². The lowest BCUT2D eigenvalue weighted by Gasteiger charge is -2.39. The van der Waals surface area contributed by atoms with Crippen molar-refractivity contribution in [3.8, 4) is 0 Å². The van der Waals surface area contributed by atoms with Crippen molar-refractivity contribution in [1.29, 1.82) is 0 Å². The largest absolute Gasteiger partial charge is 0.340 e. The number of carbonyl (C=O) groups excluding carboxylic acids is 2. The van der Waals surface area contributed by atoms with E-state index >= 15 is 0 Å². The van der Waals surface area contributed by atoms with E-state index in [0.29, 0.717) is 19.0 Å². The van der Waals surface area contributed by atoms with Gasteiger partial charge in [0.15, 0.2) is 5.25 Å². The van der Waals surface area contributed by atoms with Gasteiger partial charge in [0.2, 0.25) is 16.0 Å². The number of sulfonamides is 1. The van der Waals surface area contributed by atoms with Gasteiger partial charge in [-0.15, -0.1) is 0 Å². The number of anilines is 1. The van der Waals surface area contributed by atoms with Crippen molar-refractivity contribution in [2.24, 2.45) is 0 Å². The molecule has 1 aromatic heterocycles. The minimum absolute atomic E-state index is 0.131. The smallest absolute Gasteiger partial charge is 0.326 e. The summed E-state index contributed by atoms with van der Waals surface area (Å²) in [6.45, 7) is 1.30. The van der Waals surface area contributed by atoms with Gasteiger partial charge in [-0.2, -0.15) is 4.31 Å². The third-order valence-corrected chi connectivity index (χ3v) is 7.45. The average molecular weight is 406 g/mol. The number of nitrogens with zero attached hydrogens (tertiary/aromatic N) is 5. The summed E-state index contributed by atoms with van der Waals surface area (Å²) in [7, 11) is -1.06. The number of nitrogens with one attached hydrogen (secondary N) is 1. The molecule has 3 amide bonds. The molecule has 0 saturated carbocycles. The summed E-state index contributed by atoms with van der Waals surface area (Å²) >= 11 is 0. The second-order valence-electron chi connectivity index (χ2n) is 7.06. The molecular weight excluding hydrogens is 384 g/mol. The quantitative estimate of drug-likeness (QED) is 0.763. The second kappa shape index (κ2) is 6.74. The predicted octanol–water partition coefficient (Wildman–Crippen LogP) is -0.0929. The van der Waals surface area contributed by atoms with Crippen molar-refractivity contribution in [2.45, 2.75) is 5.25 Å². The van der Waals surface area contributed by atoms with Gasteiger partial charge in [-0.3, -0.25) is 9.69 Å². The van der Waals surface area contributed by atoms with E-state index in [0.717, 1.165) is 15.9 Å². The number of amides is 3. The van der Waals surface area contributed by atoms with E-state index in [-0.39, 0.29) is 19.6 Å². The Bertz CT molecular complexity index is 994. The summed E-state index contributed by atoms with van der Waals surface area (Å²) in [4.78, 5) is 36.2. The number of para-hydroxylation sites is 2. The number of hydrogen-bond acceptors (Lipinski definition) is 6. The Morgan fingerprint density at radius 3 is 2.43 bits per heavy atom. The van der Waals surface area contributed by atoms with Crippen LogP contribution in [-0.2, 0) is 14.8 Å². The lowest BCUT2D eigenvalue weighted by Crippen LogP contribution is -2.62. The average Bonchev–Trinajstić information content (AvgIpc) is 3.13. The number of aromatic amines is 1. The van der Waals surface area contributed by atoms with Gasteiger partial charge < -0.3 is 14.8 Å². The first-order valence-electron chi connectivity index (χ1n) is 9.00. The van der Waals surface area contributed by atoms with Crippen molar-refractivity contribution in [3.63, 3.8) is 0 Å². The second-order valence-corrected chi connectivity index (χ2v) is 9.17. The summed E-state index contributed by atoms with van der Waals surface area (Å²) < 4.78 is 27.4. The molecule has 2 saturated heterocycles. The van der Waals surface area contributed by atoms with E-state index in [1.165, 1.54) is 23.3 Å². The highest BCUT2D eigenvalue weighted by atomic mass is 32.2. The van der Waals surface area contributed by atoms with Crippen LogP contribution < -0.4 is 4.90 Å². The number of rotatable bonds is 3. The summed E-state index contributed by atoms with van der Waals surface area (Å²) in [5, 5.41) is -1.27. The molecule has 0 spiro atoms. The number of benzene rings is 1. The Labute approximate surface area is 162 Å². The van der Waals surface area contributed by atoms with Gasteiger partial charge >= 0.3 is 6.03 Å². The number of aromatic nitrogens is 2. The lowest BCUT2D eigenvalue weighted by atomic mass is 10.3. The lowest BCUT2D eigenvalue weighted by molar-refractivity contribution is -0.129. The number of hydrogen-bond donors (Lipinski definition) is 1. The zero-order valence-electron chi connectivity index (χ0n) is 15.7. The maximum Gasteiger partial charge on any atom is 0.326 e. The summed E-state index contributed by atoms with van der Waals surface area (Å²) in [5.74, 6) is 0.0277. The van der Waals surface area contributed by atoms with Gasteiger partial charge in [0.1, 0.15) is 0 Å². The van der Waals surface area contributed by atoms with Crippen LogP contribution in [0.2, 0.25) is 0 Å². The molecule has 1 aromatic carbocycles. The summed E-state index contributed by atoms with van der Waals surface area (Å²) in [6.07, 6.45) is 0. The molecule has 2 aliphatic rings. The van der Waals surface area contributed by atoms with Crippen molar-refractivity contribution in [3.05, 3.63) is 24.3 Å². The first-order chi connectivity index (χ1) is 13.3. The molecule has 0 radical (unpaired) electrons. The Morgan fingerprint density at radius 2 is 1.75 bits per heavy atom. The minimum Gasteiger partial charge on any atom is -0.340 e. The predicted molar refractivity (Wildman–Crippen MR) is 103 cm³/mol. The maximum absolute atomic E-state index is 13.0. The molecule has 2 aliphatic heterocycles. The van der Waals surface area contributed by atoms with E-state index in [2.05, 4.69) is 9.97 Å². The molecular formula is C17H22N6O4S. The van der Waals surface area contributed by atoms with Crippen LogP contribution in [0.3, 0.4) is 0 Å². The number of imide groups is 1. The van der Waals surface area contributed by atoms with Crippen molar-refractivity contribution in [2.75, 3.05) is 51.7 Å². The van der Waals surface area contributed by atoms with Gasteiger partial charge in [-0.25, -0.2) is 18.2 Å². The molecule has 2 aromatic rings. The third-order valence-electron chi connectivity index (χ3n) is 5.29. The van der Waals surface area contributed by atoms with E-state index in [4.69, 9.17) is 0 Å². The molecule has 2 fully saturated rings. The SMILES string of the molecule is CN1CC(S(=O)(=O)N2CCN(c3nc4ccccc4[nH]3)CC2)C(=O)N(C)C1=O. The molecule has 1 atom stereocenters. The van der Waals surface area contributed by atoms with Crippen LogP contribution in [0, 0.1) is 0 Å². The highest BCUT2D eigenvalue weighted by molar-refractivity contribution is 7.90. The van der Waals surface area contributed by atoms with Gasteiger partial charge in [-0.1, -0.05) is 12.1 Å². The van der Waals surface area contributed by atoms with Crippen LogP contribution in [0.15, 0.2) is 24.3 Å². The molecule has 150 valence electrons. The number of fused-ring (bicyclic) bond motifs is 1. The highest BCUT2D eigenvalue weighted by Crippen LogP contribution is 2.22. The monoisotopic (exact) mass is 406 g/mol. The Kier molecular flexibility index (Phi) is 4.50. The highest BCUT2D eigenvalue weighted by Gasteiger charge is 2.46. The van der Waals surface area contributed by atoms with Crippen molar-refractivity contribution >= 4 is 38.9 Å². The number of H-pyrrole nitrogens is 1. The molecule has 1 unspecified atom stereocenters. The fourth-order valence-electron chi connectivity index (χ4n) is 3.62. The number of carbonyl (C=O) groups is 2. The zero-order chi connectivity index (χ0) is 20.1. The Balaban J connectivity index is 1.48. The molecule has 28 heavy (non-hydrogen) atoms. The molecule has 10 nitrogen and oxygen atoms in total. The minimum atomic E-state index is -3.86. The molecule has 4 rings (SSSR count). The van der Waals surface area contributed by atoms with Gasteiger partial charge in [0.25, 0.3) is 5.91 Å². The van der Waals surface area contributed by atoms with Crippen LogP contribution in [0.1, 0.15) is 0 Å². The number of imidazole rings is 1. The molecule has 1 N–H and O–H groups in total. The van der Waals surface area contributed by atoms with E-state index < -0.39 is 27.2 Å². The van der Waals surface area contributed by atoms with Crippen molar-refractivity contribution < 1.29 is 18.0 Å². The first kappa shape index (κ1) is 18.7. The normalized spacial score (nSPS) is 22.4. The first-order valence-corrected chi connectivity index (χ1v) is 10.5.